The Hall–Kier alpha value is -1.85. The summed E-state index contributed by atoms with van der Waals surface area (Å²) in [6.07, 6.45) is 1.95. The van der Waals surface area contributed by atoms with Crippen molar-refractivity contribution in [1.82, 2.24) is 5.32 Å². The van der Waals surface area contributed by atoms with Crippen LogP contribution in [-0.4, -0.2) is 32.8 Å². The molecule has 1 aromatic heterocycles. The molecule has 1 aliphatic rings. The number of methoxy groups -OCH3 is 2. The van der Waals surface area contributed by atoms with Gasteiger partial charge in [-0.3, -0.25) is 4.79 Å². The Bertz CT molecular complexity index is 723. The number of rotatable bonds is 5. The van der Waals surface area contributed by atoms with Crippen molar-refractivity contribution in [3.63, 3.8) is 0 Å². The number of ether oxygens (including phenoxy) is 2. The number of carbonyl (C=O) groups is 1. The van der Waals surface area contributed by atoms with Gasteiger partial charge >= 0.3 is 0 Å². The minimum absolute atomic E-state index is 0.00294. The van der Waals surface area contributed by atoms with E-state index in [1.54, 1.807) is 25.6 Å². The number of aryl methyl sites for hydroxylation is 2. The molecule has 0 unspecified atom stereocenters. The highest BCUT2D eigenvalue weighted by Crippen LogP contribution is 2.40. The van der Waals surface area contributed by atoms with E-state index in [0.717, 1.165) is 23.5 Å². The lowest BCUT2D eigenvalue weighted by molar-refractivity contribution is 0.0909. The Balaban J connectivity index is 1.86. The SMILES string of the molecule is COC[C@@H](C)NC(=O)c1cc2c(s1)-c1ccc(OC)cc1CC2. The summed E-state index contributed by atoms with van der Waals surface area (Å²) >= 11 is 1.57. The van der Waals surface area contributed by atoms with Crippen molar-refractivity contribution in [1.29, 1.82) is 0 Å². The number of thiophene rings is 1. The fourth-order valence-electron chi connectivity index (χ4n) is 2.94. The first-order valence-corrected chi connectivity index (χ1v) is 8.53. The summed E-state index contributed by atoms with van der Waals surface area (Å²) in [5, 5.41) is 2.97. The number of hydrogen-bond acceptors (Lipinski definition) is 4. The maximum absolute atomic E-state index is 12.4. The Labute approximate surface area is 140 Å². The van der Waals surface area contributed by atoms with E-state index in [1.165, 1.54) is 21.6 Å². The maximum Gasteiger partial charge on any atom is 0.261 e. The zero-order valence-corrected chi connectivity index (χ0v) is 14.5. The van der Waals surface area contributed by atoms with E-state index in [-0.39, 0.29) is 11.9 Å². The molecule has 4 nitrogen and oxygen atoms in total. The van der Waals surface area contributed by atoms with Gasteiger partial charge in [-0.15, -0.1) is 11.3 Å². The van der Waals surface area contributed by atoms with Crippen molar-refractivity contribution in [3.8, 4) is 16.2 Å². The summed E-state index contributed by atoms with van der Waals surface area (Å²) < 4.78 is 10.4. The molecule has 0 aliphatic heterocycles. The van der Waals surface area contributed by atoms with Gasteiger partial charge in [-0.25, -0.2) is 0 Å². The molecule has 3 rings (SSSR count). The van der Waals surface area contributed by atoms with Crippen molar-refractivity contribution in [2.75, 3.05) is 20.8 Å². The molecule has 1 atom stereocenters. The van der Waals surface area contributed by atoms with Gasteiger partial charge in [-0.05, 0) is 60.7 Å². The van der Waals surface area contributed by atoms with E-state index in [4.69, 9.17) is 9.47 Å². The zero-order chi connectivity index (χ0) is 16.4. The van der Waals surface area contributed by atoms with Crippen molar-refractivity contribution in [3.05, 3.63) is 40.3 Å². The highest BCUT2D eigenvalue weighted by atomic mass is 32.1. The molecule has 1 N–H and O–H groups in total. The molecule has 122 valence electrons. The molecule has 2 aromatic rings. The number of nitrogens with one attached hydrogen (secondary N) is 1. The topological polar surface area (TPSA) is 47.6 Å². The molecule has 0 saturated heterocycles. The quantitative estimate of drug-likeness (QED) is 0.914. The normalized spacial score (nSPS) is 13.9. The summed E-state index contributed by atoms with van der Waals surface area (Å²) in [5.74, 6) is 0.860. The van der Waals surface area contributed by atoms with Crippen molar-refractivity contribution < 1.29 is 14.3 Å². The standard InChI is InChI=1S/C18H21NO3S/c1-11(10-21-2)19-18(20)16-9-13-5-4-12-8-14(22-3)6-7-15(12)17(13)23-16/h6-9,11H,4-5,10H2,1-3H3,(H,19,20)/t11-/m1/s1. The molecule has 23 heavy (non-hydrogen) atoms. The predicted molar refractivity (Wildman–Crippen MR) is 92.5 cm³/mol. The average Bonchev–Trinajstić information content (AvgIpc) is 2.99. The van der Waals surface area contributed by atoms with Crippen LogP contribution in [0.25, 0.3) is 10.4 Å². The number of benzene rings is 1. The van der Waals surface area contributed by atoms with E-state index in [9.17, 15) is 4.79 Å². The third-order valence-corrected chi connectivity index (χ3v) is 5.26. The third-order valence-electron chi connectivity index (χ3n) is 4.05. The van der Waals surface area contributed by atoms with Crippen LogP contribution in [-0.2, 0) is 17.6 Å². The smallest absolute Gasteiger partial charge is 0.261 e. The highest BCUT2D eigenvalue weighted by Gasteiger charge is 2.22. The molecule has 5 heteroatoms. The van der Waals surface area contributed by atoms with Crippen molar-refractivity contribution >= 4 is 17.2 Å². The van der Waals surface area contributed by atoms with E-state index in [1.807, 2.05) is 19.1 Å². The molecule has 1 aromatic carbocycles. The molecule has 0 fully saturated rings. The van der Waals surface area contributed by atoms with Gasteiger partial charge in [0.1, 0.15) is 5.75 Å². The monoisotopic (exact) mass is 331 g/mol. The average molecular weight is 331 g/mol. The van der Waals surface area contributed by atoms with Crippen LogP contribution in [0.5, 0.6) is 5.75 Å². The second-order valence-electron chi connectivity index (χ2n) is 5.82. The minimum atomic E-state index is -0.0241. The van der Waals surface area contributed by atoms with Crippen LogP contribution in [0.4, 0.5) is 0 Å². The fourth-order valence-corrected chi connectivity index (χ4v) is 4.11. The van der Waals surface area contributed by atoms with E-state index in [2.05, 4.69) is 17.4 Å². The van der Waals surface area contributed by atoms with Crippen LogP contribution < -0.4 is 10.1 Å². The summed E-state index contributed by atoms with van der Waals surface area (Å²) in [6.45, 7) is 2.45. The first-order valence-electron chi connectivity index (χ1n) is 7.72. The summed E-state index contributed by atoms with van der Waals surface area (Å²) in [7, 11) is 3.32. The van der Waals surface area contributed by atoms with Crippen molar-refractivity contribution in [2.24, 2.45) is 0 Å². The lowest BCUT2D eigenvalue weighted by Gasteiger charge is -2.16. The van der Waals surface area contributed by atoms with E-state index in [0.29, 0.717) is 6.61 Å². The lowest BCUT2D eigenvalue weighted by Crippen LogP contribution is -2.35. The van der Waals surface area contributed by atoms with Crippen LogP contribution in [0.1, 0.15) is 27.7 Å². The van der Waals surface area contributed by atoms with Gasteiger partial charge in [0.15, 0.2) is 0 Å². The Morgan fingerprint density at radius 2 is 2.04 bits per heavy atom. The van der Waals surface area contributed by atoms with Crippen molar-refractivity contribution in [2.45, 2.75) is 25.8 Å². The van der Waals surface area contributed by atoms with Gasteiger partial charge in [0.05, 0.1) is 18.6 Å². The molecule has 1 aliphatic carbocycles. The van der Waals surface area contributed by atoms with Gasteiger partial charge in [-0.2, -0.15) is 0 Å². The zero-order valence-electron chi connectivity index (χ0n) is 13.6. The first-order chi connectivity index (χ1) is 11.1. The number of amides is 1. The second kappa shape index (κ2) is 6.72. The van der Waals surface area contributed by atoms with E-state index < -0.39 is 0 Å². The molecular weight excluding hydrogens is 310 g/mol. The highest BCUT2D eigenvalue weighted by molar-refractivity contribution is 7.17. The van der Waals surface area contributed by atoms with Gasteiger partial charge in [-0.1, -0.05) is 0 Å². The van der Waals surface area contributed by atoms with Gasteiger partial charge < -0.3 is 14.8 Å². The number of hydrogen-bond donors (Lipinski definition) is 1. The van der Waals surface area contributed by atoms with Crippen LogP contribution >= 0.6 is 11.3 Å². The van der Waals surface area contributed by atoms with Gasteiger partial charge in [0.25, 0.3) is 5.91 Å². The molecule has 0 bridgehead atoms. The first kappa shape index (κ1) is 16.0. The Morgan fingerprint density at radius 3 is 2.78 bits per heavy atom. The maximum atomic E-state index is 12.4. The summed E-state index contributed by atoms with van der Waals surface area (Å²) in [4.78, 5) is 14.4. The molecular formula is C18H21NO3S. The van der Waals surface area contributed by atoms with Gasteiger partial charge in [0, 0.05) is 18.0 Å². The second-order valence-corrected chi connectivity index (χ2v) is 6.87. The molecule has 1 amide bonds. The number of carbonyl (C=O) groups excluding carboxylic acids is 1. The largest absolute Gasteiger partial charge is 0.497 e. The van der Waals surface area contributed by atoms with E-state index >= 15 is 0 Å². The lowest BCUT2D eigenvalue weighted by atomic mass is 9.91. The number of fused-ring (bicyclic) bond motifs is 3. The Kier molecular flexibility index (Phi) is 4.68. The third kappa shape index (κ3) is 3.26. The molecule has 0 radical (unpaired) electrons. The molecule has 0 saturated carbocycles. The van der Waals surface area contributed by atoms with Crippen LogP contribution in [0.2, 0.25) is 0 Å². The van der Waals surface area contributed by atoms with Crippen LogP contribution in [0, 0.1) is 0 Å². The van der Waals surface area contributed by atoms with Crippen LogP contribution in [0.15, 0.2) is 24.3 Å². The summed E-state index contributed by atoms with van der Waals surface area (Å²) in [5.41, 5.74) is 3.77. The molecule has 0 spiro atoms. The molecule has 1 heterocycles. The fraction of sp³-hybridized carbons (Fsp3) is 0.389. The predicted octanol–water partition coefficient (Wildman–Crippen LogP) is 3.29. The van der Waals surface area contributed by atoms with Gasteiger partial charge in [0.2, 0.25) is 0 Å². The minimum Gasteiger partial charge on any atom is -0.497 e. The van der Waals surface area contributed by atoms with Crippen LogP contribution in [0.3, 0.4) is 0 Å². The Morgan fingerprint density at radius 1 is 1.26 bits per heavy atom. The summed E-state index contributed by atoms with van der Waals surface area (Å²) in [6, 6.07) is 8.20.